The molecule has 0 atom stereocenters. The number of carbonyl (C=O) groups excluding carboxylic acids is 1. The Morgan fingerprint density at radius 3 is 2.74 bits per heavy atom. The van der Waals surface area contributed by atoms with E-state index in [1.807, 2.05) is 54.7 Å². The van der Waals surface area contributed by atoms with Gasteiger partial charge >= 0.3 is 0 Å². The number of hydrogen-bond acceptors (Lipinski definition) is 4. The molecule has 0 aliphatic carbocycles. The van der Waals surface area contributed by atoms with Crippen molar-refractivity contribution in [3.05, 3.63) is 72.2 Å². The topological polar surface area (TPSA) is 73.4 Å². The molecule has 3 heterocycles. The Kier molecular flexibility index (Phi) is 4.33. The summed E-state index contributed by atoms with van der Waals surface area (Å²) in [7, 11) is 3.36. The lowest BCUT2D eigenvalue weighted by atomic mass is 10.1. The Morgan fingerprint density at radius 1 is 1.11 bits per heavy atom. The summed E-state index contributed by atoms with van der Waals surface area (Å²) in [6, 6.07) is 17.1. The minimum absolute atomic E-state index is 0.205. The molecule has 0 bridgehead atoms. The lowest BCUT2D eigenvalue weighted by Crippen LogP contribution is -2.25. The highest BCUT2D eigenvalue weighted by Crippen LogP contribution is 2.28. The number of rotatable bonds is 5. The van der Waals surface area contributed by atoms with Crippen molar-refractivity contribution in [1.29, 1.82) is 0 Å². The lowest BCUT2D eigenvalue weighted by Gasteiger charge is -2.04. The fraction of sp³-hybridized carbons (Fsp3) is 0.150. The average Bonchev–Trinajstić information content (AvgIpc) is 3.29. The number of para-hydroxylation sites is 1. The molecule has 0 fully saturated rings. The Hall–Kier alpha value is -3.61. The Bertz CT molecular complexity index is 1080. The highest BCUT2D eigenvalue weighted by molar-refractivity contribution is 5.93. The number of benzene rings is 1. The van der Waals surface area contributed by atoms with Crippen LogP contribution in [0.4, 0.5) is 0 Å². The maximum absolute atomic E-state index is 12.6. The van der Waals surface area contributed by atoms with Crippen molar-refractivity contribution < 1.29 is 9.53 Å². The van der Waals surface area contributed by atoms with Crippen molar-refractivity contribution in [3.63, 3.8) is 0 Å². The molecular weight excluding hydrogens is 342 g/mol. The van der Waals surface area contributed by atoms with Gasteiger partial charge < -0.3 is 10.1 Å². The molecule has 1 aromatic carbocycles. The Labute approximate surface area is 156 Å². The first kappa shape index (κ1) is 16.8. The second kappa shape index (κ2) is 6.95. The number of aryl methyl sites for hydroxylation is 1. The summed E-state index contributed by atoms with van der Waals surface area (Å²) in [5.74, 6) is 0.510. The molecule has 4 aromatic rings. The molecular formula is C20H19N5O2. The van der Waals surface area contributed by atoms with Gasteiger partial charge in [0.15, 0.2) is 0 Å². The molecule has 0 spiro atoms. The smallest absolute Gasteiger partial charge is 0.269 e. The number of pyridine rings is 1. The van der Waals surface area contributed by atoms with Crippen molar-refractivity contribution >= 4 is 11.4 Å². The standard InChI is InChI=1S/C20H19N5O2/c1-24-18(12-17(23-24)16-8-3-4-9-19(16)27-2)20(26)21-13-14-11-15-7-5-6-10-25(15)22-14/h3-12H,13H2,1-2H3,(H,21,26). The van der Waals surface area contributed by atoms with Crippen LogP contribution < -0.4 is 10.1 Å². The molecule has 27 heavy (non-hydrogen) atoms. The largest absolute Gasteiger partial charge is 0.496 e. The number of carbonyl (C=O) groups is 1. The minimum Gasteiger partial charge on any atom is -0.496 e. The highest BCUT2D eigenvalue weighted by atomic mass is 16.5. The molecule has 136 valence electrons. The van der Waals surface area contributed by atoms with Crippen LogP contribution in [-0.4, -0.2) is 32.4 Å². The van der Waals surface area contributed by atoms with E-state index in [-0.39, 0.29) is 5.91 Å². The van der Waals surface area contributed by atoms with Crippen molar-refractivity contribution in [1.82, 2.24) is 24.7 Å². The molecule has 0 radical (unpaired) electrons. The van der Waals surface area contributed by atoms with Crippen molar-refractivity contribution in [2.75, 3.05) is 7.11 Å². The normalized spacial score (nSPS) is 10.9. The van der Waals surface area contributed by atoms with E-state index in [1.54, 1.807) is 29.4 Å². The molecule has 3 aromatic heterocycles. The van der Waals surface area contributed by atoms with E-state index in [9.17, 15) is 4.79 Å². The van der Waals surface area contributed by atoms with E-state index in [0.717, 1.165) is 16.8 Å². The van der Waals surface area contributed by atoms with Crippen LogP contribution in [0.5, 0.6) is 5.75 Å². The number of aromatic nitrogens is 4. The summed E-state index contributed by atoms with van der Waals surface area (Å²) in [6.07, 6.45) is 1.88. The van der Waals surface area contributed by atoms with Gasteiger partial charge in [-0.05, 0) is 36.4 Å². The van der Waals surface area contributed by atoms with Gasteiger partial charge in [0.2, 0.25) is 0 Å². The molecule has 0 aliphatic heterocycles. The molecule has 4 rings (SSSR count). The molecule has 7 nitrogen and oxygen atoms in total. The summed E-state index contributed by atoms with van der Waals surface area (Å²) in [5, 5.41) is 11.8. The van der Waals surface area contributed by atoms with Gasteiger partial charge in [-0.2, -0.15) is 10.2 Å². The summed E-state index contributed by atoms with van der Waals surface area (Å²) < 4.78 is 8.74. The van der Waals surface area contributed by atoms with Crippen LogP contribution in [0.15, 0.2) is 60.8 Å². The maximum Gasteiger partial charge on any atom is 0.269 e. The van der Waals surface area contributed by atoms with Crippen LogP contribution in [0.3, 0.4) is 0 Å². The van der Waals surface area contributed by atoms with E-state index >= 15 is 0 Å². The van der Waals surface area contributed by atoms with E-state index in [2.05, 4.69) is 15.5 Å². The van der Waals surface area contributed by atoms with Crippen LogP contribution in [0, 0.1) is 0 Å². The van der Waals surface area contributed by atoms with Crippen molar-refractivity contribution in [2.45, 2.75) is 6.54 Å². The van der Waals surface area contributed by atoms with Crippen LogP contribution in [-0.2, 0) is 13.6 Å². The first-order valence-corrected chi connectivity index (χ1v) is 8.54. The fourth-order valence-electron chi connectivity index (χ4n) is 3.01. The Balaban J connectivity index is 1.53. The summed E-state index contributed by atoms with van der Waals surface area (Å²) >= 11 is 0. The number of methoxy groups -OCH3 is 1. The molecule has 0 saturated carbocycles. The maximum atomic E-state index is 12.6. The van der Waals surface area contributed by atoms with Crippen molar-refractivity contribution in [3.8, 4) is 17.0 Å². The monoisotopic (exact) mass is 361 g/mol. The van der Waals surface area contributed by atoms with Gasteiger partial charge in [0.25, 0.3) is 5.91 Å². The fourth-order valence-corrected chi connectivity index (χ4v) is 3.01. The number of ether oxygens (including phenoxy) is 1. The van der Waals surface area contributed by atoms with E-state index in [4.69, 9.17) is 4.74 Å². The average molecular weight is 361 g/mol. The van der Waals surface area contributed by atoms with Gasteiger partial charge in [0.05, 0.1) is 30.6 Å². The molecule has 7 heteroatoms. The van der Waals surface area contributed by atoms with Gasteiger partial charge in [-0.15, -0.1) is 0 Å². The zero-order valence-corrected chi connectivity index (χ0v) is 15.1. The number of nitrogens with one attached hydrogen (secondary N) is 1. The van der Waals surface area contributed by atoms with Crippen LogP contribution >= 0.6 is 0 Å². The van der Waals surface area contributed by atoms with Gasteiger partial charge in [0.1, 0.15) is 11.4 Å². The predicted molar refractivity (Wildman–Crippen MR) is 102 cm³/mol. The van der Waals surface area contributed by atoms with Gasteiger partial charge in [-0.1, -0.05) is 18.2 Å². The van der Waals surface area contributed by atoms with Crippen LogP contribution in [0.1, 0.15) is 16.2 Å². The summed E-state index contributed by atoms with van der Waals surface area (Å²) in [4.78, 5) is 12.6. The Morgan fingerprint density at radius 2 is 1.93 bits per heavy atom. The molecule has 0 unspecified atom stereocenters. The molecule has 1 N–H and O–H groups in total. The third-order valence-electron chi connectivity index (χ3n) is 4.35. The third kappa shape index (κ3) is 3.27. The first-order chi connectivity index (χ1) is 13.2. The first-order valence-electron chi connectivity index (χ1n) is 8.54. The predicted octanol–water partition coefficient (Wildman–Crippen LogP) is 2.67. The highest BCUT2D eigenvalue weighted by Gasteiger charge is 2.16. The van der Waals surface area contributed by atoms with Crippen molar-refractivity contribution in [2.24, 2.45) is 7.05 Å². The number of nitrogens with zero attached hydrogens (tertiary/aromatic N) is 4. The molecule has 0 aliphatic rings. The molecule has 1 amide bonds. The minimum atomic E-state index is -0.205. The van der Waals surface area contributed by atoms with Crippen LogP contribution in [0.2, 0.25) is 0 Å². The third-order valence-corrected chi connectivity index (χ3v) is 4.35. The second-order valence-corrected chi connectivity index (χ2v) is 6.13. The lowest BCUT2D eigenvalue weighted by molar-refractivity contribution is 0.0941. The zero-order valence-electron chi connectivity index (χ0n) is 15.1. The van der Waals surface area contributed by atoms with Gasteiger partial charge in [0, 0.05) is 18.8 Å². The quantitative estimate of drug-likeness (QED) is 0.593. The summed E-state index contributed by atoms with van der Waals surface area (Å²) in [5.41, 5.74) is 3.78. The zero-order chi connectivity index (χ0) is 18.8. The summed E-state index contributed by atoms with van der Waals surface area (Å²) in [6.45, 7) is 0.343. The van der Waals surface area contributed by atoms with E-state index in [1.165, 1.54) is 0 Å². The number of fused-ring (bicyclic) bond motifs is 1. The van der Waals surface area contributed by atoms with Crippen LogP contribution in [0.25, 0.3) is 16.8 Å². The van der Waals surface area contributed by atoms with Gasteiger partial charge in [-0.3, -0.25) is 9.48 Å². The second-order valence-electron chi connectivity index (χ2n) is 6.13. The number of amides is 1. The number of hydrogen-bond donors (Lipinski definition) is 1. The van der Waals surface area contributed by atoms with Gasteiger partial charge in [-0.25, -0.2) is 4.52 Å². The molecule has 0 saturated heterocycles. The SMILES string of the molecule is COc1ccccc1-c1cc(C(=O)NCc2cc3ccccn3n2)n(C)n1. The van der Waals surface area contributed by atoms with E-state index in [0.29, 0.717) is 23.7 Å². The van der Waals surface area contributed by atoms with E-state index < -0.39 is 0 Å².